The van der Waals surface area contributed by atoms with Gasteiger partial charge in [0.2, 0.25) is 0 Å². The van der Waals surface area contributed by atoms with E-state index in [9.17, 15) is 0 Å². The Labute approximate surface area is 166 Å². The number of hydrogen-bond acceptors (Lipinski definition) is 3. The third kappa shape index (κ3) is 19.4. The number of unbranched alkanes of at least 4 members (excludes halogenated alkanes) is 2. The van der Waals surface area contributed by atoms with E-state index in [4.69, 9.17) is 4.74 Å². The average molecular weight is 374 g/mol. The van der Waals surface area contributed by atoms with E-state index < -0.39 is 0 Å². The van der Waals surface area contributed by atoms with Crippen LogP contribution < -0.4 is 0 Å². The first-order chi connectivity index (χ1) is 12.5. The highest BCUT2D eigenvalue weighted by Gasteiger charge is 2.23. The Kier molecular flexibility index (Phi) is 33.2. The minimum Gasteiger partial charge on any atom is -0.385 e. The molecule has 4 nitrogen and oxygen atoms in total. The minimum atomic E-state index is 0.0421. The largest absolute Gasteiger partial charge is 0.385 e. The molecular formula is C22H51N3O. The van der Waals surface area contributed by atoms with E-state index in [1.165, 1.54) is 19.3 Å². The van der Waals surface area contributed by atoms with Crippen molar-refractivity contribution >= 4 is 0 Å². The van der Waals surface area contributed by atoms with E-state index in [0.717, 1.165) is 31.7 Å². The monoisotopic (exact) mass is 373 g/mol. The number of nitrogens with zero attached hydrogens (tertiary/aromatic N) is 3. The maximum Gasteiger partial charge on any atom is 0.0884 e. The molecule has 1 rings (SSSR count). The normalized spacial score (nSPS) is 9.23. The van der Waals surface area contributed by atoms with Crippen LogP contribution in [-0.2, 0) is 16.7 Å². The molecule has 1 aromatic rings. The van der Waals surface area contributed by atoms with E-state index in [1.54, 1.807) is 7.11 Å². The summed E-state index contributed by atoms with van der Waals surface area (Å²) in [5.74, 6) is 0. The van der Waals surface area contributed by atoms with Gasteiger partial charge in [-0.1, -0.05) is 101 Å². The van der Waals surface area contributed by atoms with Crippen LogP contribution in [0.2, 0.25) is 0 Å². The molecule has 0 aliphatic rings. The van der Waals surface area contributed by atoms with Gasteiger partial charge in [-0.15, -0.1) is 5.10 Å². The predicted molar refractivity (Wildman–Crippen MR) is 119 cm³/mol. The summed E-state index contributed by atoms with van der Waals surface area (Å²) in [7, 11) is 1.73. The van der Waals surface area contributed by atoms with Crippen LogP contribution in [0.4, 0.5) is 0 Å². The summed E-state index contributed by atoms with van der Waals surface area (Å²) >= 11 is 0. The minimum absolute atomic E-state index is 0.0421. The first-order valence-electron chi connectivity index (χ1n) is 10.9. The van der Waals surface area contributed by atoms with Crippen LogP contribution in [0.5, 0.6) is 0 Å². The number of aromatic nitrogens is 3. The fourth-order valence-corrected chi connectivity index (χ4v) is 1.52. The predicted octanol–water partition coefficient (Wildman–Crippen LogP) is 7.28. The molecule has 26 heavy (non-hydrogen) atoms. The Hall–Kier alpha value is -0.900. The Morgan fingerprint density at radius 3 is 1.81 bits per heavy atom. The lowest BCUT2D eigenvalue weighted by atomic mass is 9.86. The number of ether oxygens (including phenoxy) is 1. The Bertz CT molecular complexity index is 334. The number of aryl methyl sites for hydroxylation is 1. The van der Waals surface area contributed by atoms with Crippen LogP contribution in [0, 0.1) is 0 Å². The van der Waals surface area contributed by atoms with Gasteiger partial charge < -0.3 is 4.74 Å². The van der Waals surface area contributed by atoms with Crippen molar-refractivity contribution < 1.29 is 4.74 Å². The van der Waals surface area contributed by atoms with Crippen LogP contribution in [0.1, 0.15) is 114 Å². The second kappa shape index (κ2) is 26.3. The van der Waals surface area contributed by atoms with Crippen LogP contribution >= 0.6 is 0 Å². The molecule has 0 radical (unpaired) electrons. The van der Waals surface area contributed by atoms with Crippen molar-refractivity contribution in [2.75, 3.05) is 13.7 Å². The second-order valence-electron chi connectivity index (χ2n) is 5.85. The van der Waals surface area contributed by atoms with E-state index in [0.29, 0.717) is 0 Å². The summed E-state index contributed by atoms with van der Waals surface area (Å²) in [6, 6.07) is 0. The van der Waals surface area contributed by atoms with Gasteiger partial charge in [-0.05, 0) is 12.8 Å². The van der Waals surface area contributed by atoms with E-state index in [1.807, 2.05) is 46.2 Å². The Morgan fingerprint density at radius 1 is 0.923 bits per heavy atom. The van der Waals surface area contributed by atoms with Crippen LogP contribution in [0.25, 0.3) is 0 Å². The van der Waals surface area contributed by atoms with Crippen LogP contribution in [-0.4, -0.2) is 28.7 Å². The van der Waals surface area contributed by atoms with E-state index >= 15 is 0 Å². The summed E-state index contributed by atoms with van der Waals surface area (Å²) in [4.78, 5) is 0. The van der Waals surface area contributed by atoms with Gasteiger partial charge in [0.15, 0.2) is 0 Å². The SMILES string of the molecule is CC.CC.CC.CCCC.CCCCn1cc(C(C)(C)CCOC)nn1. The molecule has 0 N–H and O–H groups in total. The van der Waals surface area contributed by atoms with Crippen molar-refractivity contribution in [3.63, 3.8) is 0 Å². The van der Waals surface area contributed by atoms with E-state index in [-0.39, 0.29) is 5.41 Å². The third-order valence-corrected chi connectivity index (χ3v) is 3.40. The zero-order valence-corrected chi connectivity index (χ0v) is 20.3. The smallest absolute Gasteiger partial charge is 0.0884 e. The zero-order chi connectivity index (χ0) is 21.4. The van der Waals surface area contributed by atoms with Crippen LogP contribution in [0.15, 0.2) is 6.20 Å². The molecule has 0 bridgehead atoms. The summed E-state index contributed by atoms with van der Waals surface area (Å²) in [5, 5.41) is 8.41. The summed E-state index contributed by atoms with van der Waals surface area (Å²) in [6.45, 7) is 24.6. The molecule has 0 atom stereocenters. The second-order valence-corrected chi connectivity index (χ2v) is 5.85. The summed E-state index contributed by atoms with van der Waals surface area (Å²) in [6.07, 6.45) is 8.00. The molecular weight excluding hydrogens is 322 g/mol. The summed E-state index contributed by atoms with van der Waals surface area (Å²) < 4.78 is 7.05. The fraction of sp³-hybridized carbons (Fsp3) is 0.909. The van der Waals surface area contributed by atoms with E-state index in [2.05, 4.69) is 51.1 Å². The molecule has 0 unspecified atom stereocenters. The first-order valence-corrected chi connectivity index (χ1v) is 10.9. The molecule has 0 amide bonds. The lowest BCUT2D eigenvalue weighted by molar-refractivity contribution is 0.173. The molecule has 0 aromatic carbocycles. The van der Waals surface area contributed by atoms with Crippen molar-refractivity contribution in [2.24, 2.45) is 0 Å². The zero-order valence-electron chi connectivity index (χ0n) is 20.3. The Morgan fingerprint density at radius 2 is 1.42 bits per heavy atom. The highest BCUT2D eigenvalue weighted by molar-refractivity contribution is 5.08. The maximum atomic E-state index is 5.12. The molecule has 0 saturated carbocycles. The van der Waals surface area contributed by atoms with Crippen LogP contribution in [0.3, 0.4) is 0 Å². The Balaban J connectivity index is -0.000000205. The third-order valence-electron chi connectivity index (χ3n) is 3.40. The van der Waals surface area contributed by atoms with Gasteiger partial charge in [0.05, 0.1) is 5.69 Å². The summed E-state index contributed by atoms with van der Waals surface area (Å²) in [5.41, 5.74) is 1.10. The molecule has 0 fully saturated rings. The molecule has 160 valence electrons. The highest BCUT2D eigenvalue weighted by atomic mass is 16.5. The number of hydrogen-bond donors (Lipinski definition) is 0. The fourth-order valence-electron chi connectivity index (χ4n) is 1.52. The lowest BCUT2D eigenvalue weighted by Gasteiger charge is -2.20. The number of methoxy groups -OCH3 is 1. The molecule has 0 aliphatic heterocycles. The van der Waals surface area contributed by atoms with Gasteiger partial charge in [-0.25, -0.2) is 0 Å². The van der Waals surface area contributed by atoms with Crippen molar-refractivity contribution in [3.8, 4) is 0 Å². The molecule has 1 aromatic heterocycles. The number of rotatable bonds is 8. The van der Waals surface area contributed by atoms with Gasteiger partial charge in [0.1, 0.15) is 0 Å². The molecule has 0 spiro atoms. The van der Waals surface area contributed by atoms with Gasteiger partial charge in [-0.3, -0.25) is 4.68 Å². The van der Waals surface area contributed by atoms with Gasteiger partial charge in [-0.2, -0.15) is 0 Å². The van der Waals surface area contributed by atoms with Crippen molar-refractivity contribution in [3.05, 3.63) is 11.9 Å². The van der Waals surface area contributed by atoms with Gasteiger partial charge in [0, 0.05) is 31.9 Å². The standard InChI is InChI=1S/C12H23N3O.C4H10.3C2H6/c1-5-6-8-15-10-11(13-14-15)12(2,3)7-9-16-4;1-3-4-2;3*1-2/h10H,5-9H2,1-4H3;3-4H2,1-2H3;3*1-2H3. The van der Waals surface area contributed by atoms with Crippen molar-refractivity contribution in [2.45, 2.75) is 120 Å². The molecule has 4 heteroatoms. The van der Waals surface area contributed by atoms with Gasteiger partial charge >= 0.3 is 0 Å². The van der Waals surface area contributed by atoms with Gasteiger partial charge in [0.25, 0.3) is 0 Å². The molecule has 0 saturated heterocycles. The lowest BCUT2D eigenvalue weighted by Crippen LogP contribution is -2.20. The highest BCUT2D eigenvalue weighted by Crippen LogP contribution is 2.24. The molecule has 1 heterocycles. The quantitative estimate of drug-likeness (QED) is 0.480. The average Bonchev–Trinajstić information content (AvgIpc) is 3.19. The van der Waals surface area contributed by atoms with Crippen molar-refractivity contribution in [1.29, 1.82) is 0 Å². The topological polar surface area (TPSA) is 39.9 Å². The maximum absolute atomic E-state index is 5.12. The first kappa shape index (κ1) is 32.7. The van der Waals surface area contributed by atoms with Crippen molar-refractivity contribution in [1.82, 2.24) is 15.0 Å². The molecule has 0 aliphatic carbocycles.